The Balaban J connectivity index is 2.08. The third-order valence-corrected chi connectivity index (χ3v) is 2.17. The number of nitrogens with zero attached hydrogens (tertiary/aromatic N) is 2. The predicted octanol–water partition coefficient (Wildman–Crippen LogP) is 2.05. The van der Waals surface area contributed by atoms with Gasteiger partial charge in [-0.25, -0.2) is 0 Å². The van der Waals surface area contributed by atoms with Crippen molar-refractivity contribution in [2.24, 2.45) is 4.99 Å². The Morgan fingerprint density at radius 2 is 2.33 bits per heavy atom. The van der Waals surface area contributed by atoms with E-state index in [1.165, 1.54) is 12.8 Å². The Kier molecular flexibility index (Phi) is 1.68. The maximum absolute atomic E-state index is 4.45. The van der Waals surface area contributed by atoms with Gasteiger partial charge in [-0.3, -0.25) is 9.98 Å². The first-order valence-corrected chi connectivity index (χ1v) is 4.25. The molecule has 1 fully saturated rings. The minimum atomic E-state index is 0.234. The van der Waals surface area contributed by atoms with Crippen molar-refractivity contribution in [2.45, 2.75) is 25.3 Å². The third kappa shape index (κ3) is 1.70. The van der Waals surface area contributed by atoms with Gasteiger partial charge in [-0.1, -0.05) is 6.07 Å². The monoisotopic (exact) mass is 160 g/mol. The van der Waals surface area contributed by atoms with Gasteiger partial charge < -0.3 is 0 Å². The van der Waals surface area contributed by atoms with Gasteiger partial charge in [0.25, 0.3) is 0 Å². The van der Waals surface area contributed by atoms with E-state index in [1.807, 2.05) is 24.4 Å². The number of hydrogen-bond donors (Lipinski definition) is 0. The van der Waals surface area contributed by atoms with E-state index in [0.717, 1.165) is 5.69 Å². The zero-order valence-electron chi connectivity index (χ0n) is 7.20. The number of hydrogen-bond acceptors (Lipinski definition) is 2. The summed E-state index contributed by atoms with van der Waals surface area (Å²) in [5, 5.41) is 0. The van der Waals surface area contributed by atoms with Crippen molar-refractivity contribution in [3.63, 3.8) is 0 Å². The molecule has 1 aromatic heterocycles. The van der Waals surface area contributed by atoms with Crippen molar-refractivity contribution in [1.29, 1.82) is 0 Å². The molecule has 0 N–H and O–H groups in total. The molecule has 0 radical (unpaired) electrons. The van der Waals surface area contributed by atoms with Crippen molar-refractivity contribution < 1.29 is 0 Å². The first kappa shape index (κ1) is 7.47. The van der Waals surface area contributed by atoms with Crippen molar-refractivity contribution in [2.75, 3.05) is 0 Å². The molecule has 1 heterocycles. The Morgan fingerprint density at radius 1 is 1.50 bits per heavy atom. The van der Waals surface area contributed by atoms with E-state index in [2.05, 4.69) is 16.9 Å². The van der Waals surface area contributed by atoms with Crippen molar-refractivity contribution in [3.8, 4) is 0 Å². The molecule has 0 spiro atoms. The second-order valence-corrected chi connectivity index (χ2v) is 3.51. The minimum Gasteiger partial charge on any atom is -0.285 e. The van der Waals surface area contributed by atoms with E-state index >= 15 is 0 Å². The predicted molar refractivity (Wildman–Crippen MR) is 49.5 cm³/mol. The molecule has 2 heteroatoms. The van der Waals surface area contributed by atoms with Gasteiger partial charge in [-0.2, -0.15) is 0 Å². The third-order valence-electron chi connectivity index (χ3n) is 2.17. The summed E-state index contributed by atoms with van der Waals surface area (Å²) in [7, 11) is 0. The van der Waals surface area contributed by atoms with E-state index in [0.29, 0.717) is 0 Å². The summed E-state index contributed by atoms with van der Waals surface area (Å²) in [6.45, 7) is 2.17. The van der Waals surface area contributed by atoms with Crippen LogP contribution in [0.15, 0.2) is 29.4 Å². The van der Waals surface area contributed by atoms with Crippen LogP contribution in [0.2, 0.25) is 0 Å². The highest BCUT2D eigenvalue weighted by Crippen LogP contribution is 2.38. The number of pyridine rings is 1. The summed E-state index contributed by atoms with van der Waals surface area (Å²) < 4.78 is 0. The van der Waals surface area contributed by atoms with Gasteiger partial charge in [0, 0.05) is 12.4 Å². The molecule has 1 aliphatic carbocycles. The first-order valence-electron chi connectivity index (χ1n) is 4.25. The summed E-state index contributed by atoms with van der Waals surface area (Å²) >= 11 is 0. The molecule has 62 valence electrons. The summed E-state index contributed by atoms with van der Waals surface area (Å²) in [5.41, 5.74) is 1.18. The molecule has 0 atom stereocenters. The van der Waals surface area contributed by atoms with Gasteiger partial charge in [0.05, 0.1) is 11.2 Å². The molecule has 0 amide bonds. The molecular formula is C10H12N2. The largest absolute Gasteiger partial charge is 0.285 e. The van der Waals surface area contributed by atoms with Crippen LogP contribution in [0.5, 0.6) is 0 Å². The molecule has 2 nitrogen and oxygen atoms in total. The molecule has 0 bridgehead atoms. The van der Waals surface area contributed by atoms with Crippen LogP contribution in [0.4, 0.5) is 0 Å². The van der Waals surface area contributed by atoms with E-state index in [1.54, 1.807) is 6.20 Å². The maximum atomic E-state index is 4.45. The Labute approximate surface area is 72.4 Å². The Bertz CT molecular complexity index is 286. The fourth-order valence-corrected chi connectivity index (χ4v) is 0.984. The first-order chi connectivity index (χ1) is 5.79. The van der Waals surface area contributed by atoms with Crippen LogP contribution in [0, 0.1) is 0 Å². The Hall–Kier alpha value is -1.18. The molecule has 1 aliphatic rings. The molecule has 0 saturated heterocycles. The van der Waals surface area contributed by atoms with Crippen LogP contribution in [-0.4, -0.2) is 16.7 Å². The minimum absolute atomic E-state index is 0.234. The van der Waals surface area contributed by atoms with Crippen LogP contribution in [0.1, 0.15) is 25.5 Å². The summed E-state index contributed by atoms with van der Waals surface area (Å²) in [5.74, 6) is 0. The normalized spacial score (nSPS) is 19.8. The highest BCUT2D eigenvalue weighted by Gasteiger charge is 2.36. The average Bonchev–Trinajstić information content (AvgIpc) is 2.84. The summed E-state index contributed by atoms with van der Waals surface area (Å²) in [6, 6.07) is 5.86. The molecule has 12 heavy (non-hydrogen) atoms. The lowest BCUT2D eigenvalue weighted by Crippen LogP contribution is -1.97. The highest BCUT2D eigenvalue weighted by molar-refractivity contribution is 5.77. The van der Waals surface area contributed by atoms with E-state index < -0.39 is 0 Å². The smallest absolute Gasteiger partial charge is 0.0808 e. The molecule has 1 aromatic rings. The second kappa shape index (κ2) is 2.70. The zero-order chi connectivity index (χ0) is 8.44. The summed E-state index contributed by atoms with van der Waals surface area (Å²) in [4.78, 5) is 8.61. The topological polar surface area (TPSA) is 25.2 Å². The SMILES string of the molecule is CC1(/N=C/c2ccccn2)CC1. The lowest BCUT2D eigenvalue weighted by Gasteiger charge is -1.97. The van der Waals surface area contributed by atoms with Gasteiger partial charge in [-0.05, 0) is 31.9 Å². The van der Waals surface area contributed by atoms with Crippen LogP contribution in [0.3, 0.4) is 0 Å². The number of aromatic nitrogens is 1. The van der Waals surface area contributed by atoms with E-state index in [4.69, 9.17) is 0 Å². The van der Waals surface area contributed by atoms with Crippen LogP contribution in [0.25, 0.3) is 0 Å². The summed E-state index contributed by atoms with van der Waals surface area (Å²) in [6.07, 6.45) is 6.09. The van der Waals surface area contributed by atoms with Crippen LogP contribution < -0.4 is 0 Å². The van der Waals surface area contributed by atoms with E-state index in [-0.39, 0.29) is 5.54 Å². The average molecular weight is 160 g/mol. The lowest BCUT2D eigenvalue weighted by molar-refractivity contribution is 0.769. The highest BCUT2D eigenvalue weighted by atomic mass is 14.9. The quantitative estimate of drug-likeness (QED) is 0.608. The van der Waals surface area contributed by atoms with Crippen molar-refractivity contribution in [3.05, 3.63) is 30.1 Å². The van der Waals surface area contributed by atoms with Crippen LogP contribution in [-0.2, 0) is 0 Å². The maximum Gasteiger partial charge on any atom is 0.0808 e. The van der Waals surface area contributed by atoms with Gasteiger partial charge in [0.2, 0.25) is 0 Å². The standard InChI is InChI=1S/C10H12N2/c1-10(5-6-10)12-8-9-4-2-3-7-11-9/h2-4,7-8H,5-6H2,1H3/b12-8+. The zero-order valence-corrected chi connectivity index (χ0v) is 7.20. The molecular weight excluding hydrogens is 148 g/mol. The number of rotatable bonds is 2. The van der Waals surface area contributed by atoms with Crippen LogP contribution >= 0.6 is 0 Å². The van der Waals surface area contributed by atoms with Gasteiger partial charge >= 0.3 is 0 Å². The molecule has 0 aromatic carbocycles. The van der Waals surface area contributed by atoms with Gasteiger partial charge in [-0.15, -0.1) is 0 Å². The lowest BCUT2D eigenvalue weighted by atomic mass is 10.3. The second-order valence-electron chi connectivity index (χ2n) is 3.51. The van der Waals surface area contributed by atoms with Gasteiger partial charge in [0.1, 0.15) is 0 Å². The Morgan fingerprint density at radius 3 is 2.92 bits per heavy atom. The molecule has 0 aliphatic heterocycles. The molecule has 2 rings (SSSR count). The van der Waals surface area contributed by atoms with E-state index in [9.17, 15) is 0 Å². The molecule has 1 saturated carbocycles. The van der Waals surface area contributed by atoms with Gasteiger partial charge in [0.15, 0.2) is 0 Å². The van der Waals surface area contributed by atoms with Crippen molar-refractivity contribution in [1.82, 2.24) is 4.98 Å². The molecule has 0 unspecified atom stereocenters. The number of aliphatic imine (C=N–C) groups is 1. The fourth-order valence-electron chi connectivity index (χ4n) is 0.984. The van der Waals surface area contributed by atoms with Crippen molar-refractivity contribution >= 4 is 6.21 Å². The fraction of sp³-hybridized carbons (Fsp3) is 0.400.